The minimum absolute atomic E-state index is 0.206. The highest BCUT2D eigenvalue weighted by Gasteiger charge is 2.39. The van der Waals surface area contributed by atoms with Crippen molar-refractivity contribution in [3.05, 3.63) is 99.6 Å². The zero-order chi connectivity index (χ0) is 25.4. The summed E-state index contributed by atoms with van der Waals surface area (Å²) >= 11 is 6.08. The lowest BCUT2D eigenvalue weighted by Gasteiger charge is -2.21. The van der Waals surface area contributed by atoms with Gasteiger partial charge < -0.3 is 15.6 Å². The molecule has 0 bridgehead atoms. The average Bonchev–Trinajstić information content (AvgIpc) is 3.36. The molecule has 2 aromatic carbocycles. The van der Waals surface area contributed by atoms with Gasteiger partial charge in [0.2, 0.25) is 0 Å². The molecule has 1 aliphatic heterocycles. The van der Waals surface area contributed by atoms with Gasteiger partial charge in [-0.05, 0) is 42.5 Å². The van der Waals surface area contributed by atoms with Crippen molar-refractivity contribution in [2.45, 2.75) is 12.1 Å². The molecule has 2 atom stereocenters. The van der Waals surface area contributed by atoms with Crippen LogP contribution in [0, 0.1) is 0 Å². The summed E-state index contributed by atoms with van der Waals surface area (Å²) in [4.78, 5) is 40.7. The fourth-order valence-electron chi connectivity index (χ4n) is 4.28. The van der Waals surface area contributed by atoms with E-state index < -0.39 is 33.7 Å². The second-order valence-electron chi connectivity index (χ2n) is 8.59. The highest BCUT2D eigenvalue weighted by Crippen LogP contribution is 2.24. The summed E-state index contributed by atoms with van der Waals surface area (Å²) in [6.07, 6.45) is 3.24. The summed E-state index contributed by atoms with van der Waals surface area (Å²) in [7, 11) is -3.47. The molecule has 0 saturated carbocycles. The molecule has 2 aromatic heterocycles. The maximum absolute atomic E-state index is 12.9. The van der Waals surface area contributed by atoms with E-state index in [4.69, 9.17) is 11.6 Å². The average molecular weight is 525 g/mol. The van der Waals surface area contributed by atoms with Gasteiger partial charge in [0, 0.05) is 46.2 Å². The van der Waals surface area contributed by atoms with E-state index in [1.54, 1.807) is 67.0 Å². The zero-order valence-electron chi connectivity index (χ0n) is 18.8. The third kappa shape index (κ3) is 4.77. The molecule has 1 aliphatic rings. The van der Waals surface area contributed by atoms with Gasteiger partial charge in [-0.15, -0.1) is 0 Å². The number of aromatic amines is 1. The Hall–Kier alpha value is -3.89. The monoisotopic (exact) mass is 524 g/mol. The van der Waals surface area contributed by atoms with Crippen LogP contribution in [0.3, 0.4) is 0 Å². The van der Waals surface area contributed by atoms with Gasteiger partial charge in [-0.25, -0.2) is 8.42 Å². The van der Waals surface area contributed by atoms with Crippen molar-refractivity contribution in [2.24, 2.45) is 0 Å². The predicted molar refractivity (Wildman–Crippen MR) is 137 cm³/mol. The van der Waals surface area contributed by atoms with Crippen molar-refractivity contribution in [2.75, 3.05) is 11.5 Å². The first-order valence-corrected chi connectivity index (χ1v) is 13.3. The number of nitrogens with one attached hydrogen (secondary N) is 3. The summed E-state index contributed by atoms with van der Waals surface area (Å²) < 4.78 is 26.1. The number of halogens is 1. The molecule has 184 valence electrons. The topological polar surface area (TPSA) is 130 Å². The standard InChI is InChI=1S/C25H21ClN4O5S/c26-19-12-27-20-11-16(6-9-18(19)20)25(33)29-22-14-36(34,35)13-21(22)28-24(32)15-4-7-17(8-5-15)30-10-2-1-3-23(30)31/h1-12,21-22,27H,13-14H2,(H,28,32)(H,29,33). The molecule has 4 aromatic rings. The second kappa shape index (κ2) is 9.29. The number of hydrogen-bond donors (Lipinski definition) is 3. The van der Waals surface area contributed by atoms with Crippen molar-refractivity contribution in [1.82, 2.24) is 20.2 Å². The van der Waals surface area contributed by atoms with Crippen molar-refractivity contribution in [3.8, 4) is 5.69 Å². The van der Waals surface area contributed by atoms with Gasteiger partial charge in [0.15, 0.2) is 9.84 Å². The van der Waals surface area contributed by atoms with Crippen LogP contribution in [0.5, 0.6) is 0 Å². The van der Waals surface area contributed by atoms with Gasteiger partial charge in [-0.3, -0.25) is 19.0 Å². The highest BCUT2D eigenvalue weighted by molar-refractivity contribution is 7.91. The first-order valence-electron chi connectivity index (χ1n) is 11.1. The predicted octanol–water partition coefficient (Wildman–Crippen LogP) is 2.30. The number of amides is 2. The minimum Gasteiger partial charge on any atom is -0.360 e. The first-order chi connectivity index (χ1) is 17.2. The Balaban J connectivity index is 1.30. The number of carbonyl (C=O) groups is 2. The van der Waals surface area contributed by atoms with E-state index >= 15 is 0 Å². The van der Waals surface area contributed by atoms with E-state index in [0.29, 0.717) is 27.4 Å². The van der Waals surface area contributed by atoms with Crippen LogP contribution in [0.4, 0.5) is 0 Å². The van der Waals surface area contributed by atoms with E-state index in [0.717, 1.165) is 5.39 Å². The second-order valence-corrected chi connectivity index (χ2v) is 11.2. The van der Waals surface area contributed by atoms with Crippen LogP contribution in [0.15, 0.2) is 77.9 Å². The van der Waals surface area contributed by atoms with Crippen LogP contribution >= 0.6 is 11.6 Å². The molecule has 3 heterocycles. The van der Waals surface area contributed by atoms with Gasteiger partial charge in [-0.1, -0.05) is 23.7 Å². The zero-order valence-corrected chi connectivity index (χ0v) is 20.3. The summed E-state index contributed by atoms with van der Waals surface area (Å²) in [5.74, 6) is -1.50. The molecule has 2 unspecified atom stereocenters. The van der Waals surface area contributed by atoms with Gasteiger partial charge in [0.05, 0.1) is 28.6 Å². The first kappa shape index (κ1) is 23.8. The smallest absolute Gasteiger partial charge is 0.255 e. The molecule has 0 spiro atoms. The lowest BCUT2D eigenvalue weighted by atomic mass is 10.1. The number of sulfone groups is 1. The normalized spacial score (nSPS) is 18.7. The van der Waals surface area contributed by atoms with E-state index in [1.165, 1.54) is 10.6 Å². The van der Waals surface area contributed by atoms with Crippen LogP contribution in [-0.2, 0) is 9.84 Å². The quantitative estimate of drug-likeness (QED) is 0.369. The molecule has 0 radical (unpaired) electrons. The summed E-state index contributed by atoms with van der Waals surface area (Å²) in [6, 6.07) is 14.5. The summed E-state index contributed by atoms with van der Waals surface area (Å²) in [5, 5.41) is 6.79. The lowest BCUT2D eigenvalue weighted by Crippen LogP contribution is -2.51. The number of rotatable bonds is 5. The van der Waals surface area contributed by atoms with Crippen LogP contribution in [-0.4, -0.2) is 53.4 Å². The molecule has 3 N–H and O–H groups in total. The highest BCUT2D eigenvalue weighted by atomic mass is 35.5. The molecular formula is C25H21ClN4O5S. The van der Waals surface area contributed by atoms with Crippen LogP contribution in [0.2, 0.25) is 5.02 Å². The number of benzene rings is 2. The molecule has 1 saturated heterocycles. The van der Waals surface area contributed by atoms with Crippen LogP contribution in [0.1, 0.15) is 20.7 Å². The SMILES string of the molecule is O=C(NC1CS(=O)(=O)CC1NC(=O)c1ccc2c(Cl)c[nH]c2c1)c1ccc(-n2ccccc2=O)cc1. The number of nitrogens with zero attached hydrogens (tertiary/aromatic N) is 1. The van der Waals surface area contributed by atoms with E-state index in [1.807, 2.05) is 0 Å². The van der Waals surface area contributed by atoms with Gasteiger partial charge in [-0.2, -0.15) is 0 Å². The van der Waals surface area contributed by atoms with Gasteiger partial charge >= 0.3 is 0 Å². The molecule has 2 amide bonds. The number of hydrogen-bond acceptors (Lipinski definition) is 5. The Morgan fingerprint density at radius 2 is 1.56 bits per heavy atom. The third-order valence-electron chi connectivity index (χ3n) is 6.11. The van der Waals surface area contributed by atoms with Gasteiger partial charge in [0.25, 0.3) is 17.4 Å². The lowest BCUT2D eigenvalue weighted by molar-refractivity contribution is 0.0897. The number of aromatic nitrogens is 2. The minimum atomic E-state index is -3.47. The Labute approximate surface area is 211 Å². The van der Waals surface area contributed by atoms with Crippen LogP contribution in [0.25, 0.3) is 16.6 Å². The van der Waals surface area contributed by atoms with Crippen molar-refractivity contribution in [3.63, 3.8) is 0 Å². The van der Waals surface area contributed by atoms with Gasteiger partial charge in [0.1, 0.15) is 0 Å². The molecule has 36 heavy (non-hydrogen) atoms. The Morgan fingerprint density at radius 3 is 2.22 bits per heavy atom. The molecule has 5 rings (SSSR count). The largest absolute Gasteiger partial charge is 0.360 e. The van der Waals surface area contributed by atoms with Crippen molar-refractivity contribution >= 4 is 44.2 Å². The summed E-state index contributed by atoms with van der Waals surface area (Å²) in [6.45, 7) is 0. The molecular weight excluding hydrogens is 504 g/mol. The van der Waals surface area contributed by atoms with E-state index in [9.17, 15) is 22.8 Å². The Morgan fingerprint density at radius 1 is 0.917 bits per heavy atom. The molecule has 11 heteroatoms. The molecule has 9 nitrogen and oxygen atoms in total. The summed E-state index contributed by atoms with van der Waals surface area (Å²) in [5.41, 5.74) is 1.69. The fourth-order valence-corrected chi connectivity index (χ4v) is 6.36. The maximum atomic E-state index is 12.9. The fraction of sp³-hybridized carbons (Fsp3) is 0.160. The number of fused-ring (bicyclic) bond motifs is 1. The third-order valence-corrected chi connectivity index (χ3v) is 8.16. The Bertz CT molecular complexity index is 1640. The maximum Gasteiger partial charge on any atom is 0.255 e. The van der Waals surface area contributed by atoms with Crippen LogP contribution < -0.4 is 16.2 Å². The van der Waals surface area contributed by atoms with E-state index in [-0.39, 0.29) is 17.1 Å². The molecule has 1 fully saturated rings. The van der Waals surface area contributed by atoms with Crippen molar-refractivity contribution < 1.29 is 18.0 Å². The Kier molecular flexibility index (Phi) is 6.15. The molecule has 0 aliphatic carbocycles. The number of carbonyl (C=O) groups excluding carboxylic acids is 2. The number of pyridine rings is 1. The number of H-pyrrole nitrogens is 1. The van der Waals surface area contributed by atoms with Crippen molar-refractivity contribution in [1.29, 1.82) is 0 Å². The van der Waals surface area contributed by atoms with E-state index in [2.05, 4.69) is 15.6 Å².